The molecule has 0 radical (unpaired) electrons. The molecule has 0 unspecified atom stereocenters. The minimum absolute atomic E-state index is 0.547. The number of rotatable bonds is 9. The van der Waals surface area contributed by atoms with E-state index in [2.05, 4.69) is 187 Å². The zero-order valence-corrected chi connectivity index (χ0v) is 55.1. The van der Waals surface area contributed by atoms with Gasteiger partial charge in [-0.25, -0.2) is 0 Å². The zero-order valence-electron chi connectivity index (χ0n) is 45.4. The van der Waals surface area contributed by atoms with Gasteiger partial charge in [0.1, 0.15) is 0 Å². The summed E-state index contributed by atoms with van der Waals surface area (Å²) in [6.07, 6.45) is 0. The number of hydrogen-bond acceptors (Lipinski definition) is 6. The minimum atomic E-state index is -6.17. The van der Waals surface area contributed by atoms with Crippen molar-refractivity contribution in [2.45, 2.75) is 227 Å². The molecule has 0 heterocycles. The van der Waals surface area contributed by atoms with Crippen molar-refractivity contribution in [3.63, 3.8) is 0 Å². The molecule has 0 aliphatic heterocycles. The second-order valence-electron chi connectivity index (χ2n) is 28.7. The van der Waals surface area contributed by atoms with Crippen LogP contribution in [0.15, 0.2) is 0 Å². The first kappa shape index (κ1) is 67.4. The van der Waals surface area contributed by atoms with Crippen molar-refractivity contribution in [2.75, 3.05) is 0 Å². The van der Waals surface area contributed by atoms with Crippen molar-refractivity contribution < 1.29 is 10.7 Å². The summed E-state index contributed by atoms with van der Waals surface area (Å²) in [5, 5.41) is 51.5. The third kappa shape index (κ3) is 35.8. The second-order valence-corrected chi connectivity index (χ2v) is 56.2. The van der Waals surface area contributed by atoms with Gasteiger partial charge in [-0.05, 0) is 0 Å². The summed E-state index contributed by atoms with van der Waals surface area (Å²) in [5.41, 5.74) is 4.92. The van der Waals surface area contributed by atoms with E-state index in [9.17, 15) is 0 Å². The van der Waals surface area contributed by atoms with Crippen molar-refractivity contribution in [2.24, 2.45) is 48.7 Å². The summed E-state index contributed by atoms with van der Waals surface area (Å²) in [6, 6.07) is 0. The first-order chi connectivity index (χ1) is 26.3. The molecule has 353 valence electrons. The van der Waals surface area contributed by atoms with Crippen LogP contribution in [0.5, 0.6) is 0 Å². The number of hydrogen-bond donors (Lipinski definition) is 0. The van der Waals surface area contributed by atoms with Crippen LogP contribution in [0.4, 0.5) is 0 Å². The molecule has 61 heavy (non-hydrogen) atoms. The van der Waals surface area contributed by atoms with Gasteiger partial charge in [0.05, 0.1) is 0 Å². The summed E-state index contributed by atoms with van der Waals surface area (Å²) < 4.78 is 13.9. The topological polar surface area (TPSA) is 143 Å². The van der Waals surface area contributed by atoms with Crippen molar-refractivity contribution in [1.82, 2.24) is 0 Å². The molecule has 0 bridgehead atoms. The van der Waals surface area contributed by atoms with Gasteiger partial charge in [-0.2, -0.15) is 0 Å². The van der Waals surface area contributed by atoms with E-state index < -0.39 is 70.0 Å². The van der Waals surface area contributed by atoms with Crippen LogP contribution >= 0.6 is 0 Å². The Labute approximate surface area is 402 Å². The average Bonchev–Trinajstić information content (AvgIpc) is 2.93. The Bertz CT molecular complexity index is 1240. The molecule has 0 aromatic heterocycles. The first-order valence-electron chi connectivity index (χ1n) is 22.3. The van der Waals surface area contributed by atoms with Crippen LogP contribution in [-0.2, 0) is 10.7 Å². The predicted octanol–water partition coefficient (Wildman–Crippen LogP) is 17.0. The maximum absolute atomic E-state index is 8.58. The van der Waals surface area contributed by atoms with Crippen LogP contribution in [-0.4, -0.2) is 59.3 Å². The van der Waals surface area contributed by atoms with Crippen LogP contribution in [0.3, 0.4) is 0 Å². The van der Waals surface area contributed by atoms with Crippen LogP contribution in [0.1, 0.15) is 187 Å². The van der Waals surface area contributed by atoms with E-state index in [1.54, 1.807) is 39.9 Å². The molecule has 0 aliphatic carbocycles. The zero-order chi connectivity index (χ0) is 50.2. The number of nitrogens with zero attached hydrogens (tertiary/aromatic N) is 6. The van der Waals surface area contributed by atoms with Gasteiger partial charge in [0.25, 0.3) is 0 Å². The molecular formula is C51H99FeN6Sn3. The summed E-state index contributed by atoms with van der Waals surface area (Å²) in [5.74, 6) is 0. The Morgan fingerprint density at radius 1 is 0.230 bits per heavy atom. The van der Waals surface area contributed by atoms with Gasteiger partial charge in [-0.1, -0.05) is 0 Å². The van der Waals surface area contributed by atoms with Crippen LogP contribution in [0, 0.1) is 110 Å². The molecule has 0 rings (SSSR count). The van der Waals surface area contributed by atoms with Gasteiger partial charge < -0.3 is 0 Å². The van der Waals surface area contributed by atoms with Crippen molar-refractivity contribution in [3.05, 3.63) is 0 Å². The fraction of sp³-hybridized carbons (Fsp3) is 0.882. The normalized spacial score (nSPS) is 13.9. The molecule has 0 aromatic rings. The third-order valence-electron chi connectivity index (χ3n) is 8.21. The van der Waals surface area contributed by atoms with Crippen molar-refractivity contribution in [1.29, 1.82) is 31.6 Å². The van der Waals surface area contributed by atoms with E-state index in [-0.39, 0.29) is 0 Å². The fourth-order valence-electron chi connectivity index (χ4n) is 7.58. The Morgan fingerprint density at radius 2 is 0.311 bits per heavy atom. The molecule has 0 aromatic carbocycles. The van der Waals surface area contributed by atoms with Gasteiger partial charge in [-0.3, -0.25) is 0 Å². The summed E-state index contributed by atoms with van der Waals surface area (Å²) in [4.78, 5) is 6.19. The van der Waals surface area contributed by atoms with Crippen LogP contribution in [0.25, 0.3) is 0 Å². The van der Waals surface area contributed by atoms with Gasteiger partial charge in [-0.15, -0.1) is 0 Å². The molecule has 0 fully saturated rings. The molecule has 0 spiro atoms. The molecule has 0 atom stereocenters. The SMILES string of the molecule is CC(C)(C)[CH2][Sn+]([CH2]C(C)(C)C)[CH2]C(C)(C)C.CC(C)(C)[CH2][Sn+]([CH2]C(C)(C)C)[CH2]C(C)(C)C.CC(C)(C)[CH2][Sn+]([CH2]C(C)(C)C)[CH2]C(C)(C)C.N#[C][Fe-3]([C]#N)([C]#N)([C]#N)([C]#N)[C]#N. The standard InChI is InChI=1S/9C5H11.6CN.Fe.3Sn/c9*1-5(2,3)4;6*1-2;;;;/h9*1H2,2-4H3;;;;;;;;;;/q;;;;;;;;;;;;;;;-3;3*+1. The van der Waals surface area contributed by atoms with E-state index in [0.29, 0.717) is 48.7 Å². The molecule has 0 saturated heterocycles. The summed E-state index contributed by atoms with van der Waals surface area (Å²) >= 11 is -3.66. The van der Waals surface area contributed by atoms with Gasteiger partial charge in [0, 0.05) is 0 Å². The molecule has 10 heteroatoms. The Morgan fingerprint density at radius 3 is 0.344 bits per heavy atom. The van der Waals surface area contributed by atoms with E-state index in [0.717, 1.165) is 29.8 Å². The monoisotopic (exact) mass is 1210 g/mol. The molecular weight excluding hydrogens is 1110 g/mol. The Hall–Kier alpha value is -0.144. The summed E-state index contributed by atoms with van der Waals surface area (Å²) in [6.45, 7) is 65.2. The van der Waals surface area contributed by atoms with Gasteiger partial charge in [0.15, 0.2) is 0 Å². The van der Waals surface area contributed by atoms with E-state index in [1.165, 1.54) is 0 Å². The van der Waals surface area contributed by atoms with Crippen LogP contribution in [0.2, 0.25) is 39.9 Å². The molecule has 0 amide bonds. The molecule has 6 nitrogen and oxygen atoms in total. The first-order valence-corrected chi connectivity index (χ1v) is 43.7. The van der Waals surface area contributed by atoms with Crippen molar-refractivity contribution in [3.8, 4) is 29.8 Å². The van der Waals surface area contributed by atoms with Gasteiger partial charge in [0.2, 0.25) is 0 Å². The van der Waals surface area contributed by atoms with E-state index >= 15 is 0 Å². The summed E-state index contributed by atoms with van der Waals surface area (Å²) in [7, 11) is -6.17. The Balaban J connectivity index is -0.000000356. The fourth-order valence-corrected chi connectivity index (χ4v) is 50.1. The number of nitriles is 6. The van der Waals surface area contributed by atoms with E-state index in [1.807, 2.05) is 0 Å². The van der Waals surface area contributed by atoms with Crippen LogP contribution < -0.4 is 0 Å². The van der Waals surface area contributed by atoms with Crippen molar-refractivity contribution >= 4 is 59.3 Å². The molecule has 0 saturated carbocycles. The second kappa shape index (κ2) is 24.0. The third-order valence-corrected chi connectivity index (χ3v) is 52.0. The quantitative estimate of drug-likeness (QED) is 0.210. The molecule has 0 aliphatic rings. The van der Waals surface area contributed by atoms with Gasteiger partial charge >= 0.3 is 407 Å². The Kier molecular flexibility index (Phi) is 26.6. The van der Waals surface area contributed by atoms with E-state index in [4.69, 9.17) is 31.6 Å². The predicted molar refractivity (Wildman–Crippen MR) is 269 cm³/mol. The molecule has 0 N–H and O–H groups in total. The maximum atomic E-state index is 8.58. The average molecular weight is 1210 g/mol.